The zero-order chi connectivity index (χ0) is 7.12. The van der Waals surface area contributed by atoms with Crippen LogP contribution in [0, 0.1) is 0 Å². The first-order valence-electron chi connectivity index (χ1n) is 2.94. The van der Waals surface area contributed by atoms with Crippen LogP contribution < -0.4 is 0 Å². The quantitative estimate of drug-likeness (QED) is 0.490. The van der Waals surface area contributed by atoms with Crippen LogP contribution in [0.15, 0.2) is 0 Å². The van der Waals surface area contributed by atoms with Gasteiger partial charge in [-0.25, -0.2) is 0 Å². The van der Waals surface area contributed by atoms with Crippen molar-refractivity contribution in [1.82, 2.24) is 0 Å². The molecule has 1 heterocycles. The Labute approximate surface area is 60.1 Å². The van der Waals surface area contributed by atoms with E-state index in [9.17, 15) is 0 Å². The van der Waals surface area contributed by atoms with Gasteiger partial charge in [0.05, 0.1) is 6.61 Å². The van der Waals surface area contributed by atoms with E-state index in [1.54, 1.807) is 6.92 Å². The standard InChI is InChI=1S/C6H11ClO2/c1-5(2)8-4-6(3,7)9-5/h4H2,1-3H3. The van der Waals surface area contributed by atoms with Crippen molar-refractivity contribution in [3.05, 3.63) is 0 Å². The molecule has 1 aliphatic rings. The van der Waals surface area contributed by atoms with Gasteiger partial charge in [-0.1, -0.05) is 11.6 Å². The minimum absolute atomic E-state index is 0.460. The Morgan fingerprint density at radius 3 is 2.00 bits per heavy atom. The summed E-state index contributed by atoms with van der Waals surface area (Å²) >= 11 is 5.80. The summed E-state index contributed by atoms with van der Waals surface area (Å²) in [6.45, 7) is 5.95. The molecule has 0 radical (unpaired) electrons. The van der Waals surface area contributed by atoms with Gasteiger partial charge in [-0.05, 0) is 20.8 Å². The van der Waals surface area contributed by atoms with Crippen LogP contribution in [0.1, 0.15) is 20.8 Å². The summed E-state index contributed by atoms with van der Waals surface area (Å²) in [5, 5.41) is -0.622. The molecule has 1 fully saturated rings. The molecular weight excluding hydrogens is 140 g/mol. The molecule has 0 aromatic heterocycles. The minimum atomic E-state index is -0.622. The third kappa shape index (κ3) is 1.81. The van der Waals surface area contributed by atoms with Crippen LogP contribution in [-0.4, -0.2) is 17.5 Å². The summed E-state index contributed by atoms with van der Waals surface area (Å²) in [4.78, 5) is 0. The van der Waals surface area contributed by atoms with Gasteiger partial charge in [0.1, 0.15) is 0 Å². The van der Waals surface area contributed by atoms with Crippen LogP contribution in [0.2, 0.25) is 0 Å². The Morgan fingerprint density at radius 1 is 1.33 bits per heavy atom. The summed E-state index contributed by atoms with van der Waals surface area (Å²) in [5.74, 6) is -0.503. The Hall–Kier alpha value is 0.210. The van der Waals surface area contributed by atoms with Crippen LogP contribution in [0.5, 0.6) is 0 Å². The molecule has 2 nitrogen and oxygen atoms in total. The zero-order valence-electron chi connectivity index (χ0n) is 5.90. The first-order chi connectivity index (χ1) is 3.91. The molecule has 0 N–H and O–H groups in total. The summed E-state index contributed by atoms with van der Waals surface area (Å²) in [6.07, 6.45) is 0. The molecule has 0 amide bonds. The lowest BCUT2D eigenvalue weighted by atomic mass is 10.4. The largest absolute Gasteiger partial charge is 0.346 e. The van der Waals surface area contributed by atoms with E-state index in [1.165, 1.54) is 0 Å². The maximum atomic E-state index is 5.80. The first-order valence-corrected chi connectivity index (χ1v) is 3.32. The van der Waals surface area contributed by atoms with E-state index < -0.39 is 10.8 Å². The Balaban J connectivity index is 2.58. The number of rotatable bonds is 0. The van der Waals surface area contributed by atoms with Crippen molar-refractivity contribution in [3.8, 4) is 0 Å². The smallest absolute Gasteiger partial charge is 0.165 e. The molecular formula is C6H11ClO2. The van der Waals surface area contributed by atoms with Crippen molar-refractivity contribution in [2.45, 2.75) is 31.6 Å². The van der Waals surface area contributed by atoms with Crippen LogP contribution in [0.3, 0.4) is 0 Å². The Morgan fingerprint density at radius 2 is 1.89 bits per heavy atom. The maximum Gasteiger partial charge on any atom is 0.165 e. The monoisotopic (exact) mass is 150 g/mol. The number of halogens is 1. The number of hydrogen-bond donors (Lipinski definition) is 0. The Kier molecular flexibility index (Phi) is 1.50. The van der Waals surface area contributed by atoms with Gasteiger partial charge >= 0.3 is 0 Å². The summed E-state index contributed by atoms with van der Waals surface area (Å²) in [7, 11) is 0. The SMILES string of the molecule is CC1(Cl)COC(C)(C)O1. The van der Waals surface area contributed by atoms with Gasteiger partial charge in [-0.15, -0.1) is 0 Å². The molecule has 1 saturated heterocycles. The summed E-state index contributed by atoms with van der Waals surface area (Å²) < 4.78 is 10.5. The third-order valence-corrected chi connectivity index (χ3v) is 1.32. The zero-order valence-corrected chi connectivity index (χ0v) is 6.66. The molecule has 0 bridgehead atoms. The lowest BCUT2D eigenvalue weighted by molar-refractivity contribution is -0.142. The molecule has 0 aromatic rings. The van der Waals surface area contributed by atoms with Crippen molar-refractivity contribution >= 4 is 11.6 Å². The third-order valence-electron chi connectivity index (χ3n) is 1.14. The first kappa shape index (κ1) is 7.32. The lowest BCUT2D eigenvalue weighted by Crippen LogP contribution is -2.24. The van der Waals surface area contributed by atoms with Gasteiger partial charge in [-0.3, -0.25) is 0 Å². The molecule has 0 aromatic carbocycles. The van der Waals surface area contributed by atoms with Crippen molar-refractivity contribution in [3.63, 3.8) is 0 Å². The number of hydrogen-bond acceptors (Lipinski definition) is 2. The molecule has 1 rings (SSSR count). The van der Waals surface area contributed by atoms with Crippen molar-refractivity contribution in [2.75, 3.05) is 6.61 Å². The van der Waals surface area contributed by atoms with Gasteiger partial charge in [0.15, 0.2) is 10.8 Å². The van der Waals surface area contributed by atoms with E-state index >= 15 is 0 Å². The highest BCUT2D eigenvalue weighted by molar-refractivity contribution is 6.22. The molecule has 1 atom stereocenters. The molecule has 0 spiro atoms. The second kappa shape index (κ2) is 1.84. The second-order valence-corrected chi connectivity index (χ2v) is 3.69. The average molecular weight is 151 g/mol. The van der Waals surface area contributed by atoms with Gasteiger partial charge in [0.25, 0.3) is 0 Å². The topological polar surface area (TPSA) is 18.5 Å². The van der Waals surface area contributed by atoms with E-state index in [4.69, 9.17) is 21.1 Å². The second-order valence-electron chi connectivity index (χ2n) is 2.89. The minimum Gasteiger partial charge on any atom is -0.346 e. The van der Waals surface area contributed by atoms with Crippen LogP contribution in [0.25, 0.3) is 0 Å². The lowest BCUT2D eigenvalue weighted by Gasteiger charge is -2.18. The fourth-order valence-electron chi connectivity index (χ4n) is 0.874. The van der Waals surface area contributed by atoms with Crippen LogP contribution in [-0.2, 0) is 9.47 Å². The van der Waals surface area contributed by atoms with Crippen LogP contribution >= 0.6 is 11.6 Å². The maximum absolute atomic E-state index is 5.80. The van der Waals surface area contributed by atoms with Crippen molar-refractivity contribution in [2.24, 2.45) is 0 Å². The Bertz CT molecular complexity index is 106. The van der Waals surface area contributed by atoms with E-state index in [1.807, 2.05) is 13.8 Å². The number of alkyl halides is 1. The molecule has 9 heavy (non-hydrogen) atoms. The molecule has 3 heteroatoms. The highest BCUT2D eigenvalue weighted by atomic mass is 35.5. The molecule has 1 aliphatic heterocycles. The van der Waals surface area contributed by atoms with E-state index in [0.29, 0.717) is 6.61 Å². The van der Waals surface area contributed by atoms with E-state index in [2.05, 4.69) is 0 Å². The van der Waals surface area contributed by atoms with E-state index in [-0.39, 0.29) is 0 Å². The number of ether oxygens (including phenoxy) is 2. The highest BCUT2D eigenvalue weighted by Gasteiger charge is 2.40. The van der Waals surface area contributed by atoms with Gasteiger partial charge in [0, 0.05) is 0 Å². The van der Waals surface area contributed by atoms with Crippen molar-refractivity contribution < 1.29 is 9.47 Å². The summed E-state index contributed by atoms with van der Waals surface area (Å²) in [5.41, 5.74) is 0. The van der Waals surface area contributed by atoms with Gasteiger partial charge < -0.3 is 9.47 Å². The van der Waals surface area contributed by atoms with E-state index in [0.717, 1.165) is 0 Å². The average Bonchev–Trinajstić information content (AvgIpc) is 1.78. The molecule has 0 aliphatic carbocycles. The highest BCUT2D eigenvalue weighted by Crippen LogP contribution is 2.32. The fourth-order valence-corrected chi connectivity index (χ4v) is 1.11. The summed E-state index contributed by atoms with van der Waals surface area (Å²) in [6, 6.07) is 0. The predicted molar refractivity (Wildman–Crippen MR) is 35.4 cm³/mol. The molecule has 1 unspecified atom stereocenters. The fraction of sp³-hybridized carbons (Fsp3) is 1.00. The van der Waals surface area contributed by atoms with Crippen molar-refractivity contribution in [1.29, 1.82) is 0 Å². The normalized spacial score (nSPS) is 41.3. The molecule has 0 saturated carbocycles. The molecule has 54 valence electrons. The van der Waals surface area contributed by atoms with Gasteiger partial charge in [0.2, 0.25) is 0 Å². The predicted octanol–water partition coefficient (Wildman–Crippen LogP) is 1.72. The van der Waals surface area contributed by atoms with Crippen LogP contribution in [0.4, 0.5) is 0 Å². The van der Waals surface area contributed by atoms with Gasteiger partial charge in [-0.2, -0.15) is 0 Å².